The van der Waals surface area contributed by atoms with Crippen molar-refractivity contribution in [2.45, 2.75) is 46.0 Å². The standard InChI is InChI=1S/C21H22N2O3/c1-11-18-14(23-22-11)6-13-8-21(2,3)9-15(24)19(13)20(18)12-4-5-16-17(7-12)26-10-25-16/h4-5,7,20H,6,8-10H2,1-3H3,(H,22,23). The minimum atomic E-state index is -0.0781. The molecule has 2 heterocycles. The van der Waals surface area contributed by atoms with Gasteiger partial charge in [0.05, 0.1) is 5.69 Å². The number of nitrogens with one attached hydrogen (secondary N) is 1. The first-order chi connectivity index (χ1) is 12.4. The summed E-state index contributed by atoms with van der Waals surface area (Å²) in [5, 5.41) is 7.67. The molecule has 0 radical (unpaired) electrons. The van der Waals surface area contributed by atoms with Crippen LogP contribution in [0, 0.1) is 12.3 Å². The maximum atomic E-state index is 13.2. The second-order valence-electron chi connectivity index (χ2n) is 8.39. The quantitative estimate of drug-likeness (QED) is 0.849. The Balaban J connectivity index is 1.71. The zero-order chi connectivity index (χ0) is 18.1. The van der Waals surface area contributed by atoms with Crippen molar-refractivity contribution < 1.29 is 14.3 Å². The van der Waals surface area contributed by atoms with E-state index < -0.39 is 0 Å². The van der Waals surface area contributed by atoms with Crippen molar-refractivity contribution in [2.24, 2.45) is 5.41 Å². The topological polar surface area (TPSA) is 64.2 Å². The van der Waals surface area contributed by atoms with Crippen LogP contribution in [0.1, 0.15) is 55.1 Å². The van der Waals surface area contributed by atoms with Gasteiger partial charge in [-0.25, -0.2) is 0 Å². The molecule has 0 bridgehead atoms. The summed E-state index contributed by atoms with van der Waals surface area (Å²) in [6.07, 6.45) is 2.31. The lowest BCUT2D eigenvalue weighted by Gasteiger charge is -2.38. The van der Waals surface area contributed by atoms with Crippen LogP contribution in [0.15, 0.2) is 29.3 Å². The molecule has 2 aliphatic carbocycles. The highest BCUT2D eigenvalue weighted by Gasteiger charge is 2.42. The Morgan fingerprint density at radius 2 is 2.00 bits per heavy atom. The molecular formula is C21H22N2O3. The van der Waals surface area contributed by atoms with Crippen LogP contribution in [0.2, 0.25) is 0 Å². The van der Waals surface area contributed by atoms with Crippen LogP contribution in [0.5, 0.6) is 11.5 Å². The number of benzene rings is 1. The Morgan fingerprint density at radius 1 is 1.19 bits per heavy atom. The van der Waals surface area contributed by atoms with Gasteiger partial charge in [-0.05, 0) is 36.5 Å². The molecule has 5 heteroatoms. The lowest BCUT2D eigenvalue weighted by Crippen LogP contribution is -2.32. The smallest absolute Gasteiger partial charge is 0.231 e. The van der Waals surface area contributed by atoms with Crippen LogP contribution < -0.4 is 9.47 Å². The number of rotatable bonds is 1. The van der Waals surface area contributed by atoms with E-state index in [0.717, 1.165) is 52.4 Å². The van der Waals surface area contributed by atoms with Crippen molar-refractivity contribution in [3.63, 3.8) is 0 Å². The second-order valence-corrected chi connectivity index (χ2v) is 8.39. The third-order valence-electron chi connectivity index (χ3n) is 5.77. The molecule has 1 N–H and O–H groups in total. The predicted molar refractivity (Wildman–Crippen MR) is 96.5 cm³/mol. The highest BCUT2D eigenvalue weighted by Crippen LogP contribution is 2.50. The van der Waals surface area contributed by atoms with Gasteiger partial charge in [-0.2, -0.15) is 5.10 Å². The van der Waals surface area contributed by atoms with Crippen LogP contribution in [-0.2, 0) is 11.2 Å². The first kappa shape index (κ1) is 15.7. The van der Waals surface area contributed by atoms with Gasteiger partial charge in [0.2, 0.25) is 6.79 Å². The molecule has 0 fully saturated rings. The summed E-state index contributed by atoms with van der Waals surface area (Å²) < 4.78 is 11.0. The maximum Gasteiger partial charge on any atom is 0.231 e. The van der Waals surface area contributed by atoms with E-state index in [-0.39, 0.29) is 23.9 Å². The van der Waals surface area contributed by atoms with Gasteiger partial charge < -0.3 is 9.47 Å². The fourth-order valence-corrected chi connectivity index (χ4v) is 4.76. The average molecular weight is 350 g/mol. The zero-order valence-corrected chi connectivity index (χ0v) is 15.3. The van der Waals surface area contributed by atoms with Crippen molar-refractivity contribution >= 4 is 5.78 Å². The Bertz CT molecular complexity index is 968. The summed E-state index contributed by atoms with van der Waals surface area (Å²) in [5.41, 5.74) is 6.54. The molecular weight excluding hydrogens is 328 g/mol. The van der Waals surface area contributed by atoms with E-state index in [1.54, 1.807) is 0 Å². The van der Waals surface area contributed by atoms with Gasteiger partial charge >= 0.3 is 0 Å². The minimum Gasteiger partial charge on any atom is -0.454 e. The van der Waals surface area contributed by atoms with Gasteiger partial charge in [0.1, 0.15) is 0 Å². The lowest BCUT2D eigenvalue weighted by molar-refractivity contribution is -0.118. The van der Waals surface area contributed by atoms with E-state index >= 15 is 0 Å². The van der Waals surface area contributed by atoms with Gasteiger partial charge in [-0.3, -0.25) is 9.89 Å². The van der Waals surface area contributed by atoms with Crippen LogP contribution in [0.25, 0.3) is 0 Å². The van der Waals surface area contributed by atoms with Crippen molar-refractivity contribution in [3.05, 3.63) is 51.9 Å². The normalized spacial score (nSPS) is 23.0. The summed E-state index contributed by atoms with van der Waals surface area (Å²) in [4.78, 5) is 13.2. The number of carbonyl (C=O) groups is 1. The zero-order valence-electron chi connectivity index (χ0n) is 15.3. The number of aromatic amines is 1. The fraction of sp³-hybridized carbons (Fsp3) is 0.429. The van der Waals surface area contributed by atoms with Gasteiger partial charge in [0.25, 0.3) is 0 Å². The van der Waals surface area contributed by atoms with Crippen molar-refractivity contribution in [3.8, 4) is 11.5 Å². The number of H-pyrrole nitrogens is 1. The molecule has 0 spiro atoms. The van der Waals surface area contributed by atoms with Crippen molar-refractivity contribution in [2.75, 3.05) is 6.79 Å². The molecule has 0 saturated heterocycles. The first-order valence-corrected chi connectivity index (χ1v) is 9.11. The molecule has 1 aromatic carbocycles. The molecule has 5 rings (SSSR count). The molecule has 2 aromatic rings. The highest BCUT2D eigenvalue weighted by molar-refractivity contribution is 6.00. The number of hydrogen-bond acceptors (Lipinski definition) is 4. The SMILES string of the molecule is Cc1[nH]nc2c1C(c1ccc3c(c1)OCO3)C1=C(C2)CC(C)(C)CC1=O. The van der Waals surface area contributed by atoms with E-state index in [2.05, 4.69) is 30.1 Å². The number of hydrogen-bond donors (Lipinski definition) is 1. The molecule has 0 saturated carbocycles. The number of ketones is 1. The number of nitrogens with zero attached hydrogens (tertiary/aromatic N) is 1. The lowest BCUT2D eigenvalue weighted by atomic mass is 9.65. The van der Waals surface area contributed by atoms with Crippen molar-refractivity contribution in [1.29, 1.82) is 0 Å². The third-order valence-corrected chi connectivity index (χ3v) is 5.77. The Kier molecular flexibility index (Phi) is 3.15. The van der Waals surface area contributed by atoms with Gasteiger partial charge in [-0.1, -0.05) is 25.5 Å². The number of aryl methyl sites for hydroxylation is 1. The van der Waals surface area contributed by atoms with E-state index in [9.17, 15) is 4.79 Å². The largest absolute Gasteiger partial charge is 0.454 e. The molecule has 134 valence electrons. The molecule has 1 aromatic heterocycles. The second kappa shape index (κ2) is 5.22. The molecule has 1 aliphatic heterocycles. The van der Waals surface area contributed by atoms with E-state index in [1.165, 1.54) is 5.57 Å². The molecule has 0 amide bonds. The minimum absolute atomic E-state index is 0.0121. The number of allylic oxidation sites excluding steroid dienone is 2. The van der Waals surface area contributed by atoms with Gasteiger partial charge in [-0.15, -0.1) is 0 Å². The fourth-order valence-electron chi connectivity index (χ4n) is 4.76. The number of aromatic nitrogens is 2. The number of ether oxygens (including phenoxy) is 2. The van der Waals surface area contributed by atoms with Crippen LogP contribution in [-0.4, -0.2) is 22.8 Å². The number of fused-ring (bicyclic) bond motifs is 2. The summed E-state index contributed by atoms with van der Waals surface area (Å²) in [5.74, 6) is 1.70. The van der Waals surface area contributed by atoms with Gasteiger partial charge in [0.15, 0.2) is 17.3 Å². The summed E-state index contributed by atoms with van der Waals surface area (Å²) in [6, 6.07) is 6.02. The first-order valence-electron chi connectivity index (χ1n) is 9.11. The molecule has 1 atom stereocenters. The average Bonchev–Trinajstić information content (AvgIpc) is 3.18. The third kappa shape index (κ3) is 2.23. The summed E-state index contributed by atoms with van der Waals surface area (Å²) in [6.45, 7) is 6.64. The Morgan fingerprint density at radius 3 is 2.85 bits per heavy atom. The number of Topliss-reactive ketones (excluding diaryl/α,β-unsaturated/α-hetero) is 1. The molecule has 1 unspecified atom stereocenters. The highest BCUT2D eigenvalue weighted by atomic mass is 16.7. The van der Waals surface area contributed by atoms with Crippen LogP contribution in [0.4, 0.5) is 0 Å². The van der Waals surface area contributed by atoms with E-state index in [0.29, 0.717) is 6.42 Å². The van der Waals surface area contributed by atoms with Crippen LogP contribution in [0.3, 0.4) is 0 Å². The Labute approximate surface area is 152 Å². The van der Waals surface area contributed by atoms with Crippen molar-refractivity contribution in [1.82, 2.24) is 10.2 Å². The number of carbonyl (C=O) groups excluding carboxylic acids is 1. The maximum absolute atomic E-state index is 13.2. The summed E-state index contributed by atoms with van der Waals surface area (Å²) in [7, 11) is 0. The predicted octanol–water partition coefficient (Wildman–Crippen LogP) is 3.82. The van der Waals surface area contributed by atoms with E-state index in [4.69, 9.17) is 9.47 Å². The summed E-state index contributed by atoms with van der Waals surface area (Å²) >= 11 is 0. The van der Waals surface area contributed by atoms with Gasteiger partial charge in [0, 0.05) is 35.6 Å². The van der Waals surface area contributed by atoms with E-state index in [1.807, 2.05) is 19.1 Å². The molecule has 5 nitrogen and oxygen atoms in total. The Hall–Kier alpha value is -2.56. The molecule has 3 aliphatic rings. The molecule has 26 heavy (non-hydrogen) atoms. The van der Waals surface area contributed by atoms with Crippen LogP contribution >= 0.6 is 0 Å². The monoisotopic (exact) mass is 350 g/mol.